The fourth-order valence-corrected chi connectivity index (χ4v) is 5.77. The first-order valence-electron chi connectivity index (χ1n) is 8.77. The Morgan fingerprint density at radius 3 is 2.04 bits per heavy atom. The maximum Gasteiger partial charge on any atom is 0.252 e. The molecule has 0 bridgehead atoms. The summed E-state index contributed by atoms with van der Waals surface area (Å²) < 4.78 is 27.0. The number of thiophene rings is 1. The molecule has 0 saturated heterocycles. The van der Waals surface area contributed by atoms with Crippen LogP contribution >= 0.6 is 11.3 Å². The molecule has 0 aliphatic heterocycles. The quantitative estimate of drug-likeness (QED) is 0.542. The Bertz CT molecular complexity index is 1020. The average Bonchev–Trinajstić information content (AvgIpc) is 3.20. The molecule has 0 radical (unpaired) electrons. The van der Waals surface area contributed by atoms with Crippen molar-refractivity contribution in [1.82, 2.24) is 4.31 Å². The van der Waals surface area contributed by atoms with E-state index in [0.717, 1.165) is 10.4 Å². The summed E-state index contributed by atoms with van der Waals surface area (Å²) >= 11 is 1.25. The zero-order valence-corrected chi connectivity index (χ0v) is 16.9. The zero-order valence-electron chi connectivity index (χ0n) is 15.3. The van der Waals surface area contributed by atoms with E-state index in [9.17, 15) is 13.2 Å². The van der Waals surface area contributed by atoms with E-state index in [1.54, 1.807) is 30.3 Å². The van der Waals surface area contributed by atoms with Crippen LogP contribution in [0.3, 0.4) is 0 Å². The van der Waals surface area contributed by atoms with Crippen molar-refractivity contribution in [2.75, 3.05) is 13.1 Å². The smallest absolute Gasteiger partial charge is 0.252 e. The van der Waals surface area contributed by atoms with Gasteiger partial charge in [-0.25, -0.2) is 8.42 Å². The van der Waals surface area contributed by atoms with Crippen molar-refractivity contribution in [3.63, 3.8) is 0 Å². The van der Waals surface area contributed by atoms with Crippen molar-refractivity contribution in [2.24, 2.45) is 0 Å². The maximum absolute atomic E-state index is 12.6. The zero-order chi connectivity index (χ0) is 19.4. The van der Waals surface area contributed by atoms with Crippen molar-refractivity contribution < 1.29 is 13.2 Å². The Balaban J connectivity index is 1.85. The Morgan fingerprint density at radius 1 is 0.852 bits per heavy atom. The molecule has 2 aromatic carbocycles. The molecule has 0 spiro atoms. The van der Waals surface area contributed by atoms with Gasteiger partial charge in [-0.3, -0.25) is 4.79 Å². The summed E-state index contributed by atoms with van der Waals surface area (Å²) in [7, 11) is -3.45. The second-order valence-corrected chi connectivity index (χ2v) is 9.23. The van der Waals surface area contributed by atoms with Crippen LogP contribution in [0.4, 0.5) is 0 Å². The number of rotatable bonds is 7. The van der Waals surface area contributed by atoms with Crippen molar-refractivity contribution in [3.05, 3.63) is 77.9 Å². The first-order valence-corrected chi connectivity index (χ1v) is 11.0. The van der Waals surface area contributed by atoms with E-state index in [2.05, 4.69) is 0 Å². The molecule has 0 saturated carbocycles. The van der Waals surface area contributed by atoms with Crippen LogP contribution in [0.15, 0.2) is 70.9 Å². The lowest BCUT2D eigenvalue weighted by molar-refractivity contribution is 0.103. The van der Waals surface area contributed by atoms with Gasteiger partial charge < -0.3 is 0 Å². The molecule has 0 unspecified atom stereocenters. The minimum Gasteiger partial charge on any atom is -0.289 e. The summed E-state index contributed by atoms with van der Waals surface area (Å²) in [5.41, 5.74) is 2.15. The highest BCUT2D eigenvalue weighted by atomic mass is 32.2. The maximum atomic E-state index is 12.6. The van der Waals surface area contributed by atoms with Gasteiger partial charge in [0.15, 0.2) is 5.78 Å². The van der Waals surface area contributed by atoms with Crippen molar-refractivity contribution in [1.29, 1.82) is 0 Å². The normalized spacial score (nSPS) is 11.7. The number of ketones is 1. The Morgan fingerprint density at radius 2 is 1.44 bits per heavy atom. The van der Waals surface area contributed by atoms with Gasteiger partial charge in [-0.05, 0) is 17.7 Å². The number of carbonyl (C=O) groups is 1. The van der Waals surface area contributed by atoms with Crippen LogP contribution in [0.5, 0.6) is 0 Å². The first-order chi connectivity index (χ1) is 13.0. The fraction of sp³-hybridized carbons (Fsp3) is 0.190. The largest absolute Gasteiger partial charge is 0.289 e. The number of carbonyl (C=O) groups excluding carboxylic acids is 1. The van der Waals surface area contributed by atoms with Gasteiger partial charge in [0.25, 0.3) is 10.0 Å². The van der Waals surface area contributed by atoms with Gasteiger partial charge in [-0.2, -0.15) is 4.31 Å². The molecular weight excluding hydrogens is 378 g/mol. The van der Waals surface area contributed by atoms with Gasteiger partial charge in [0.1, 0.15) is 4.21 Å². The topological polar surface area (TPSA) is 54.5 Å². The molecular formula is C21H21NO3S2. The van der Waals surface area contributed by atoms with E-state index < -0.39 is 10.0 Å². The number of nitrogens with zero attached hydrogens (tertiary/aromatic N) is 1. The van der Waals surface area contributed by atoms with Crippen LogP contribution in [0.25, 0.3) is 10.4 Å². The van der Waals surface area contributed by atoms with Gasteiger partial charge >= 0.3 is 0 Å². The lowest BCUT2D eigenvalue weighted by Gasteiger charge is -2.16. The predicted molar refractivity (Wildman–Crippen MR) is 110 cm³/mol. The average molecular weight is 400 g/mol. The lowest BCUT2D eigenvalue weighted by atomic mass is 10.0. The van der Waals surface area contributed by atoms with Crippen LogP contribution < -0.4 is 0 Å². The standard InChI is InChI=1S/C21H21NO3S2/c1-3-22(4-2)27(24,25)20-15-14-19(26-20)16-10-12-18(13-11-16)21(23)17-8-6-5-7-9-17/h5-15H,3-4H2,1-2H3. The van der Waals surface area contributed by atoms with Crippen LogP contribution in [0.1, 0.15) is 29.8 Å². The van der Waals surface area contributed by atoms with E-state index in [0.29, 0.717) is 28.4 Å². The van der Waals surface area contributed by atoms with Crippen molar-refractivity contribution in [3.8, 4) is 10.4 Å². The van der Waals surface area contributed by atoms with E-state index in [1.807, 2.05) is 50.2 Å². The third-order valence-corrected chi connectivity index (χ3v) is 8.00. The Kier molecular flexibility index (Phi) is 5.89. The molecule has 27 heavy (non-hydrogen) atoms. The third-order valence-electron chi connectivity index (χ3n) is 4.35. The number of benzene rings is 2. The summed E-state index contributed by atoms with van der Waals surface area (Å²) in [6, 6.07) is 19.9. The molecule has 1 aromatic heterocycles. The minimum absolute atomic E-state index is 0.0295. The molecule has 3 aromatic rings. The van der Waals surface area contributed by atoms with Crippen molar-refractivity contribution >= 4 is 27.1 Å². The van der Waals surface area contributed by atoms with Gasteiger partial charge in [0, 0.05) is 29.1 Å². The minimum atomic E-state index is -3.45. The summed E-state index contributed by atoms with van der Waals surface area (Å²) in [5.74, 6) is -0.0295. The van der Waals surface area contributed by atoms with Gasteiger partial charge in [0.2, 0.25) is 0 Å². The molecule has 4 nitrogen and oxygen atoms in total. The second kappa shape index (κ2) is 8.17. The summed E-state index contributed by atoms with van der Waals surface area (Å²) in [6.45, 7) is 4.56. The highest BCUT2D eigenvalue weighted by Crippen LogP contribution is 2.32. The second-order valence-electron chi connectivity index (χ2n) is 5.98. The molecule has 140 valence electrons. The molecule has 0 fully saturated rings. The van der Waals surface area contributed by atoms with Gasteiger partial charge in [0.05, 0.1) is 0 Å². The predicted octanol–water partition coefficient (Wildman–Crippen LogP) is 4.68. The van der Waals surface area contributed by atoms with Crippen LogP contribution in [-0.4, -0.2) is 31.6 Å². The van der Waals surface area contributed by atoms with E-state index in [4.69, 9.17) is 0 Å². The van der Waals surface area contributed by atoms with Gasteiger partial charge in [-0.1, -0.05) is 68.4 Å². The Hall–Kier alpha value is -2.28. The van der Waals surface area contributed by atoms with Crippen LogP contribution in [-0.2, 0) is 10.0 Å². The van der Waals surface area contributed by atoms with Crippen LogP contribution in [0, 0.1) is 0 Å². The monoisotopic (exact) mass is 399 g/mol. The fourth-order valence-electron chi connectivity index (χ4n) is 2.85. The number of hydrogen-bond donors (Lipinski definition) is 0. The van der Waals surface area contributed by atoms with E-state index in [1.165, 1.54) is 15.6 Å². The Labute approximate surface area is 164 Å². The molecule has 0 atom stereocenters. The molecule has 6 heteroatoms. The van der Waals surface area contributed by atoms with E-state index >= 15 is 0 Å². The lowest BCUT2D eigenvalue weighted by Crippen LogP contribution is -2.29. The third kappa shape index (κ3) is 4.03. The summed E-state index contributed by atoms with van der Waals surface area (Å²) in [6.07, 6.45) is 0. The summed E-state index contributed by atoms with van der Waals surface area (Å²) in [5, 5.41) is 0. The molecule has 0 aliphatic carbocycles. The summed E-state index contributed by atoms with van der Waals surface area (Å²) in [4.78, 5) is 13.3. The molecule has 1 heterocycles. The highest BCUT2D eigenvalue weighted by Gasteiger charge is 2.23. The molecule has 3 rings (SSSR count). The first kappa shape index (κ1) is 19.5. The van der Waals surface area contributed by atoms with E-state index in [-0.39, 0.29) is 5.78 Å². The van der Waals surface area contributed by atoms with Gasteiger partial charge in [-0.15, -0.1) is 11.3 Å². The van der Waals surface area contributed by atoms with Crippen molar-refractivity contribution in [2.45, 2.75) is 18.1 Å². The number of sulfonamides is 1. The van der Waals surface area contributed by atoms with Crippen LogP contribution in [0.2, 0.25) is 0 Å². The molecule has 0 amide bonds. The SMILES string of the molecule is CCN(CC)S(=O)(=O)c1ccc(-c2ccc(C(=O)c3ccccc3)cc2)s1. The highest BCUT2D eigenvalue weighted by molar-refractivity contribution is 7.91. The molecule has 0 aliphatic rings. The molecule has 0 N–H and O–H groups in total. The number of hydrogen-bond acceptors (Lipinski definition) is 4.